The van der Waals surface area contributed by atoms with Crippen LogP contribution in [-0.4, -0.2) is 35.4 Å². The third-order valence-corrected chi connectivity index (χ3v) is 4.84. The van der Waals surface area contributed by atoms with E-state index in [2.05, 4.69) is 49.7 Å². The first-order valence-electron chi connectivity index (χ1n) is 7.80. The van der Waals surface area contributed by atoms with Crippen LogP contribution in [0.2, 0.25) is 0 Å². The molecule has 1 aromatic carbocycles. The molecule has 2 unspecified atom stereocenters. The molecule has 0 saturated carbocycles. The Kier molecular flexibility index (Phi) is 6.12. The fourth-order valence-electron chi connectivity index (χ4n) is 2.89. The normalized spacial score (nSPS) is 22.0. The predicted molar refractivity (Wildman–Crippen MR) is 90.5 cm³/mol. The summed E-state index contributed by atoms with van der Waals surface area (Å²) in [7, 11) is 0. The van der Waals surface area contributed by atoms with Crippen LogP contribution in [0.25, 0.3) is 0 Å². The van der Waals surface area contributed by atoms with E-state index in [4.69, 9.17) is 0 Å². The van der Waals surface area contributed by atoms with Crippen LogP contribution in [-0.2, 0) is 4.79 Å². The number of hydrogen-bond donors (Lipinski definition) is 1. The van der Waals surface area contributed by atoms with Gasteiger partial charge in [-0.15, -0.1) is 0 Å². The average molecular weight is 306 g/mol. The topological polar surface area (TPSA) is 32.3 Å². The summed E-state index contributed by atoms with van der Waals surface area (Å²) in [5.41, 5.74) is 2.47. The van der Waals surface area contributed by atoms with Gasteiger partial charge < -0.3 is 4.90 Å². The number of nitrogens with one attached hydrogen (secondary N) is 1. The largest absolute Gasteiger partial charge is 0.322 e. The predicted octanol–water partition coefficient (Wildman–Crippen LogP) is 3.35. The Balaban J connectivity index is 2.13. The lowest BCUT2D eigenvalue weighted by atomic mass is 10.1. The lowest BCUT2D eigenvalue weighted by Crippen LogP contribution is -2.32. The molecule has 3 nitrogen and oxygen atoms in total. The summed E-state index contributed by atoms with van der Waals surface area (Å²) in [5, 5.41) is 3.51. The Morgan fingerprint density at radius 2 is 2.05 bits per heavy atom. The van der Waals surface area contributed by atoms with Crippen molar-refractivity contribution in [2.24, 2.45) is 0 Å². The summed E-state index contributed by atoms with van der Waals surface area (Å²) in [5.74, 6) is 1.43. The molecule has 116 valence electrons. The molecule has 0 aliphatic carbocycles. The molecule has 1 aliphatic rings. The lowest BCUT2D eigenvalue weighted by Gasteiger charge is -2.25. The summed E-state index contributed by atoms with van der Waals surface area (Å²) in [4.78, 5) is 14.6. The van der Waals surface area contributed by atoms with Crippen LogP contribution in [0.5, 0.6) is 0 Å². The molecular formula is C17H26N2OS. The minimum absolute atomic E-state index is 0.0323. The number of aryl methyl sites for hydroxylation is 1. The Morgan fingerprint density at radius 1 is 1.29 bits per heavy atom. The quantitative estimate of drug-likeness (QED) is 0.784. The molecule has 1 amide bonds. The smallest absolute Gasteiger partial charge is 0.241 e. The maximum atomic E-state index is 12.6. The highest BCUT2D eigenvalue weighted by Gasteiger charge is 2.38. The molecule has 0 aromatic heterocycles. The fourth-order valence-corrected chi connectivity index (χ4v) is 3.38. The van der Waals surface area contributed by atoms with E-state index < -0.39 is 0 Å². The average Bonchev–Trinajstić information content (AvgIpc) is 2.80. The van der Waals surface area contributed by atoms with Crippen LogP contribution < -0.4 is 5.32 Å². The number of rotatable bonds is 7. The molecular weight excluding hydrogens is 280 g/mol. The first kappa shape index (κ1) is 16.4. The summed E-state index contributed by atoms with van der Waals surface area (Å²) < 4.78 is 0. The Hall–Kier alpha value is -1.00. The van der Waals surface area contributed by atoms with Crippen molar-refractivity contribution in [3.63, 3.8) is 0 Å². The van der Waals surface area contributed by atoms with Crippen molar-refractivity contribution >= 4 is 17.7 Å². The van der Waals surface area contributed by atoms with Crippen molar-refractivity contribution in [2.75, 3.05) is 18.6 Å². The molecule has 1 heterocycles. The molecule has 0 bridgehead atoms. The number of amides is 1. The van der Waals surface area contributed by atoms with E-state index in [-0.39, 0.29) is 18.1 Å². The van der Waals surface area contributed by atoms with Crippen LogP contribution in [0.1, 0.15) is 43.5 Å². The van der Waals surface area contributed by atoms with Crippen molar-refractivity contribution in [3.8, 4) is 0 Å². The van der Waals surface area contributed by atoms with Crippen LogP contribution in [0.3, 0.4) is 0 Å². The Bertz CT molecular complexity index is 478. The first-order valence-corrected chi connectivity index (χ1v) is 9.19. The van der Waals surface area contributed by atoms with Crippen molar-refractivity contribution in [2.45, 2.75) is 45.3 Å². The van der Waals surface area contributed by atoms with E-state index in [1.54, 1.807) is 0 Å². The molecule has 1 N–H and O–H groups in total. The van der Waals surface area contributed by atoms with Crippen molar-refractivity contribution in [1.82, 2.24) is 10.2 Å². The molecule has 0 radical (unpaired) electrons. The van der Waals surface area contributed by atoms with Crippen LogP contribution in [0.15, 0.2) is 24.3 Å². The van der Waals surface area contributed by atoms with Crippen LogP contribution >= 0.6 is 11.8 Å². The molecule has 1 aromatic rings. The standard InChI is InChI=1S/C17H26N2OS/c1-4-15-17(20)19(11-7-8-12-21-3)16(18-15)14-10-6-5-9-13(14)2/h5-6,9-10,15-16,18H,4,7-8,11-12H2,1-3H3. The second kappa shape index (κ2) is 7.85. The van der Waals surface area contributed by atoms with Gasteiger partial charge in [-0.3, -0.25) is 10.1 Å². The zero-order valence-corrected chi connectivity index (χ0v) is 14.1. The second-order valence-corrected chi connectivity index (χ2v) is 6.60. The van der Waals surface area contributed by atoms with Gasteiger partial charge in [0.15, 0.2) is 0 Å². The number of hydrogen-bond acceptors (Lipinski definition) is 3. The number of nitrogens with zero attached hydrogens (tertiary/aromatic N) is 1. The summed E-state index contributed by atoms with van der Waals surface area (Å²) in [6.45, 7) is 5.04. The minimum Gasteiger partial charge on any atom is -0.322 e. The summed E-state index contributed by atoms with van der Waals surface area (Å²) in [6, 6.07) is 8.32. The molecule has 4 heteroatoms. The Morgan fingerprint density at radius 3 is 2.71 bits per heavy atom. The molecule has 0 spiro atoms. The fraction of sp³-hybridized carbons (Fsp3) is 0.588. The Labute approximate surface area is 132 Å². The molecule has 1 aliphatic heterocycles. The molecule has 2 atom stereocenters. The number of carbonyl (C=O) groups excluding carboxylic acids is 1. The summed E-state index contributed by atoms with van der Waals surface area (Å²) in [6.07, 6.45) is 5.27. The maximum Gasteiger partial charge on any atom is 0.241 e. The number of unbranched alkanes of at least 4 members (excludes halogenated alkanes) is 1. The van der Waals surface area contributed by atoms with Gasteiger partial charge in [0.05, 0.1) is 6.04 Å². The van der Waals surface area contributed by atoms with Gasteiger partial charge in [0.25, 0.3) is 0 Å². The van der Waals surface area contributed by atoms with Gasteiger partial charge in [-0.2, -0.15) is 11.8 Å². The van der Waals surface area contributed by atoms with Gasteiger partial charge >= 0.3 is 0 Å². The van der Waals surface area contributed by atoms with Crippen LogP contribution in [0, 0.1) is 6.92 Å². The third kappa shape index (κ3) is 3.80. The van der Waals surface area contributed by atoms with Crippen molar-refractivity contribution in [1.29, 1.82) is 0 Å². The zero-order valence-electron chi connectivity index (χ0n) is 13.3. The SMILES string of the molecule is CCC1NC(c2ccccc2C)N(CCCCSC)C1=O. The summed E-state index contributed by atoms with van der Waals surface area (Å²) >= 11 is 1.87. The van der Waals surface area contributed by atoms with Crippen molar-refractivity contribution < 1.29 is 4.79 Å². The molecule has 1 saturated heterocycles. The second-order valence-electron chi connectivity index (χ2n) is 5.62. The van der Waals surface area contributed by atoms with E-state index in [1.165, 1.54) is 23.3 Å². The number of benzene rings is 1. The third-order valence-electron chi connectivity index (χ3n) is 4.14. The van der Waals surface area contributed by atoms with E-state index >= 15 is 0 Å². The number of carbonyl (C=O) groups is 1. The van der Waals surface area contributed by atoms with E-state index in [1.807, 2.05) is 16.7 Å². The maximum absolute atomic E-state index is 12.6. The highest BCUT2D eigenvalue weighted by Crippen LogP contribution is 2.28. The molecule has 21 heavy (non-hydrogen) atoms. The monoisotopic (exact) mass is 306 g/mol. The van der Waals surface area contributed by atoms with Gasteiger partial charge in [-0.25, -0.2) is 0 Å². The zero-order chi connectivity index (χ0) is 15.2. The highest BCUT2D eigenvalue weighted by molar-refractivity contribution is 7.98. The van der Waals surface area contributed by atoms with Gasteiger partial charge in [0, 0.05) is 6.54 Å². The molecule has 1 fully saturated rings. The molecule has 2 rings (SSSR count). The van der Waals surface area contributed by atoms with Crippen LogP contribution in [0.4, 0.5) is 0 Å². The van der Waals surface area contributed by atoms with Crippen molar-refractivity contribution in [3.05, 3.63) is 35.4 Å². The van der Waals surface area contributed by atoms with E-state index in [0.29, 0.717) is 0 Å². The first-order chi connectivity index (χ1) is 10.2. The van der Waals surface area contributed by atoms with Gasteiger partial charge in [-0.05, 0) is 49.3 Å². The minimum atomic E-state index is -0.0323. The number of thioether (sulfide) groups is 1. The van der Waals surface area contributed by atoms with E-state index in [9.17, 15) is 4.79 Å². The van der Waals surface area contributed by atoms with Gasteiger partial charge in [0.2, 0.25) is 5.91 Å². The highest BCUT2D eigenvalue weighted by atomic mass is 32.2. The lowest BCUT2D eigenvalue weighted by molar-refractivity contribution is -0.130. The van der Waals surface area contributed by atoms with E-state index in [0.717, 1.165) is 19.4 Å². The van der Waals surface area contributed by atoms with Gasteiger partial charge in [0.1, 0.15) is 6.17 Å². The van der Waals surface area contributed by atoms with Gasteiger partial charge in [-0.1, -0.05) is 31.2 Å².